The molecule has 2 rings (SSSR count). The van der Waals surface area contributed by atoms with Gasteiger partial charge in [0.1, 0.15) is 18.5 Å². The first-order chi connectivity index (χ1) is 11.6. The van der Waals surface area contributed by atoms with Gasteiger partial charge in [0.15, 0.2) is 5.78 Å². The number of β-amino-alcohol motifs (C(OH)–C–C–N with tert-alkyl or cyclic N) is 2. The lowest BCUT2D eigenvalue weighted by Crippen LogP contribution is -2.49. The van der Waals surface area contributed by atoms with Crippen LogP contribution in [0.4, 0.5) is 0 Å². The number of carbonyl (C=O) groups is 1. The van der Waals surface area contributed by atoms with Crippen LogP contribution in [0.3, 0.4) is 0 Å². The van der Waals surface area contributed by atoms with Gasteiger partial charge in [0.2, 0.25) is 0 Å². The molecule has 0 bridgehead atoms. The highest BCUT2D eigenvalue weighted by molar-refractivity contribution is 5.95. The smallest absolute Gasteiger partial charge is 0.162 e. The summed E-state index contributed by atoms with van der Waals surface area (Å²) < 4.78 is 5.61. The lowest BCUT2D eigenvalue weighted by atomic mass is 10.1. The molecule has 1 heterocycles. The molecule has 0 saturated carbocycles. The summed E-state index contributed by atoms with van der Waals surface area (Å²) in [5.74, 6) is 0.774. The van der Waals surface area contributed by atoms with Gasteiger partial charge in [-0.2, -0.15) is 0 Å². The molecule has 0 aliphatic carbocycles. The van der Waals surface area contributed by atoms with Gasteiger partial charge >= 0.3 is 0 Å². The Kier molecular flexibility index (Phi) is 7.65. The van der Waals surface area contributed by atoms with Gasteiger partial charge in [0, 0.05) is 51.3 Å². The van der Waals surface area contributed by atoms with Crippen molar-refractivity contribution >= 4 is 5.78 Å². The molecular weight excluding hydrogens is 308 g/mol. The molecule has 24 heavy (non-hydrogen) atoms. The van der Waals surface area contributed by atoms with Crippen LogP contribution in [0.15, 0.2) is 24.3 Å². The number of hydrogen-bond acceptors (Lipinski definition) is 6. The number of rotatable bonds is 9. The summed E-state index contributed by atoms with van der Waals surface area (Å²) in [6.45, 7) is 7.19. The van der Waals surface area contributed by atoms with Gasteiger partial charge in [0.25, 0.3) is 0 Å². The third kappa shape index (κ3) is 5.87. The number of benzene rings is 1. The molecule has 6 heteroatoms. The second-order valence-corrected chi connectivity index (χ2v) is 6.13. The zero-order valence-corrected chi connectivity index (χ0v) is 14.4. The van der Waals surface area contributed by atoms with Crippen molar-refractivity contribution in [2.75, 3.05) is 52.5 Å². The molecule has 2 N–H and O–H groups in total. The number of aliphatic hydroxyl groups is 2. The topological polar surface area (TPSA) is 73.2 Å². The van der Waals surface area contributed by atoms with E-state index in [4.69, 9.17) is 9.84 Å². The zero-order valence-electron chi connectivity index (χ0n) is 14.4. The van der Waals surface area contributed by atoms with Crippen molar-refractivity contribution in [2.24, 2.45) is 0 Å². The number of hydrogen-bond donors (Lipinski definition) is 2. The Hall–Kier alpha value is -1.47. The fourth-order valence-corrected chi connectivity index (χ4v) is 2.82. The van der Waals surface area contributed by atoms with Crippen LogP contribution in [0.25, 0.3) is 0 Å². The second kappa shape index (κ2) is 9.74. The van der Waals surface area contributed by atoms with Crippen LogP contribution in [0.2, 0.25) is 0 Å². The maximum Gasteiger partial charge on any atom is 0.162 e. The van der Waals surface area contributed by atoms with Crippen molar-refractivity contribution < 1.29 is 19.7 Å². The predicted molar refractivity (Wildman–Crippen MR) is 92.5 cm³/mol. The average molecular weight is 336 g/mol. The van der Waals surface area contributed by atoms with E-state index in [0.29, 0.717) is 24.3 Å². The first-order valence-electron chi connectivity index (χ1n) is 8.62. The first kappa shape index (κ1) is 18.9. The molecule has 6 nitrogen and oxygen atoms in total. The van der Waals surface area contributed by atoms with E-state index in [9.17, 15) is 9.90 Å². The normalized spacial score (nSPS) is 17.6. The maximum atomic E-state index is 11.6. The minimum absolute atomic E-state index is 0.113. The summed E-state index contributed by atoms with van der Waals surface area (Å²) in [4.78, 5) is 16.0. The van der Waals surface area contributed by atoms with Crippen LogP contribution < -0.4 is 4.74 Å². The molecule has 134 valence electrons. The molecule has 0 unspecified atom stereocenters. The molecule has 1 saturated heterocycles. The van der Waals surface area contributed by atoms with E-state index in [-0.39, 0.29) is 19.0 Å². The lowest BCUT2D eigenvalue weighted by molar-refractivity contribution is 0.0428. The minimum atomic E-state index is -0.550. The molecule has 1 aromatic rings. The molecule has 1 fully saturated rings. The van der Waals surface area contributed by atoms with E-state index >= 15 is 0 Å². The Labute approximate surface area is 143 Å². The standard InChI is InChI=1S/C18H28N2O4/c1-2-18(23)15-3-5-17(6-4-15)24-14-16(22)13-20-9-7-19(8-10-20)11-12-21/h3-6,16,21-22H,2,7-14H2,1H3/t16-/m0/s1. The molecule has 0 aromatic heterocycles. The molecule has 1 aromatic carbocycles. The van der Waals surface area contributed by atoms with Crippen LogP contribution in [0.5, 0.6) is 5.75 Å². The SMILES string of the molecule is CCC(=O)c1ccc(OC[C@@H](O)CN2CCN(CCO)CC2)cc1. The van der Waals surface area contributed by atoms with Crippen LogP contribution >= 0.6 is 0 Å². The summed E-state index contributed by atoms with van der Waals surface area (Å²) in [5.41, 5.74) is 0.686. The van der Waals surface area contributed by atoms with Crippen LogP contribution in [-0.4, -0.2) is 84.4 Å². The lowest BCUT2D eigenvalue weighted by Gasteiger charge is -2.35. The quantitative estimate of drug-likeness (QED) is 0.645. The average Bonchev–Trinajstić information content (AvgIpc) is 2.61. The van der Waals surface area contributed by atoms with E-state index in [1.807, 2.05) is 6.92 Å². The van der Waals surface area contributed by atoms with E-state index in [0.717, 1.165) is 32.7 Å². The molecule has 0 radical (unpaired) electrons. The summed E-state index contributed by atoms with van der Waals surface area (Å²) >= 11 is 0. The highest BCUT2D eigenvalue weighted by Gasteiger charge is 2.19. The van der Waals surface area contributed by atoms with E-state index in [2.05, 4.69) is 9.80 Å². The maximum absolute atomic E-state index is 11.6. The fourth-order valence-electron chi connectivity index (χ4n) is 2.82. The van der Waals surface area contributed by atoms with Gasteiger partial charge in [-0.3, -0.25) is 14.6 Å². The number of nitrogens with zero attached hydrogens (tertiary/aromatic N) is 2. The molecule has 1 atom stereocenters. The van der Waals surface area contributed by atoms with Crippen LogP contribution in [0, 0.1) is 0 Å². The summed E-state index contributed by atoms with van der Waals surface area (Å²) in [7, 11) is 0. The largest absolute Gasteiger partial charge is 0.491 e. The second-order valence-electron chi connectivity index (χ2n) is 6.13. The number of Topliss-reactive ketones (excluding diaryl/α,β-unsaturated/α-hetero) is 1. The Morgan fingerprint density at radius 2 is 1.79 bits per heavy atom. The summed E-state index contributed by atoms with van der Waals surface area (Å²) in [5, 5.41) is 19.1. The highest BCUT2D eigenvalue weighted by Crippen LogP contribution is 2.14. The summed E-state index contributed by atoms with van der Waals surface area (Å²) in [6.07, 6.45) is -0.0591. The number of aliphatic hydroxyl groups excluding tert-OH is 2. The van der Waals surface area contributed by atoms with Crippen molar-refractivity contribution in [1.29, 1.82) is 0 Å². The fraction of sp³-hybridized carbons (Fsp3) is 0.611. The third-order valence-electron chi connectivity index (χ3n) is 4.29. The zero-order chi connectivity index (χ0) is 17.4. The molecule has 0 amide bonds. The number of ether oxygens (including phenoxy) is 1. The first-order valence-corrected chi connectivity index (χ1v) is 8.62. The molecule has 0 spiro atoms. The van der Waals surface area contributed by atoms with Crippen molar-refractivity contribution in [3.63, 3.8) is 0 Å². The Morgan fingerprint density at radius 3 is 2.38 bits per heavy atom. The van der Waals surface area contributed by atoms with E-state index < -0.39 is 6.10 Å². The van der Waals surface area contributed by atoms with Gasteiger partial charge < -0.3 is 14.9 Å². The van der Waals surface area contributed by atoms with Gasteiger partial charge in [-0.05, 0) is 24.3 Å². The predicted octanol–water partition coefficient (Wildman–Crippen LogP) is 0.629. The highest BCUT2D eigenvalue weighted by atomic mass is 16.5. The van der Waals surface area contributed by atoms with Crippen molar-refractivity contribution in [3.8, 4) is 5.75 Å². The molecular formula is C18H28N2O4. The van der Waals surface area contributed by atoms with E-state index in [1.54, 1.807) is 24.3 Å². The summed E-state index contributed by atoms with van der Waals surface area (Å²) in [6, 6.07) is 7.05. The third-order valence-corrected chi connectivity index (χ3v) is 4.29. The van der Waals surface area contributed by atoms with Gasteiger partial charge in [0.05, 0.1) is 6.61 Å². The molecule has 1 aliphatic rings. The minimum Gasteiger partial charge on any atom is -0.491 e. The van der Waals surface area contributed by atoms with E-state index in [1.165, 1.54) is 0 Å². The van der Waals surface area contributed by atoms with Crippen molar-refractivity contribution in [1.82, 2.24) is 9.80 Å². The number of piperazine rings is 1. The van der Waals surface area contributed by atoms with Crippen LogP contribution in [-0.2, 0) is 0 Å². The van der Waals surface area contributed by atoms with Gasteiger partial charge in [-0.25, -0.2) is 0 Å². The monoisotopic (exact) mass is 336 g/mol. The van der Waals surface area contributed by atoms with Gasteiger partial charge in [-0.15, -0.1) is 0 Å². The van der Waals surface area contributed by atoms with Gasteiger partial charge in [-0.1, -0.05) is 6.92 Å². The Morgan fingerprint density at radius 1 is 1.17 bits per heavy atom. The Balaban J connectivity index is 1.69. The molecule has 1 aliphatic heterocycles. The Bertz CT molecular complexity index is 498. The van der Waals surface area contributed by atoms with Crippen LogP contribution in [0.1, 0.15) is 23.7 Å². The van der Waals surface area contributed by atoms with Crippen molar-refractivity contribution in [2.45, 2.75) is 19.4 Å². The van der Waals surface area contributed by atoms with Crippen molar-refractivity contribution in [3.05, 3.63) is 29.8 Å². The number of carbonyl (C=O) groups excluding carboxylic acids is 1. The number of ketones is 1.